The average molecular weight is 317 g/mol. The Morgan fingerprint density at radius 3 is 2.50 bits per heavy atom. The highest BCUT2D eigenvalue weighted by Gasteiger charge is 2.32. The van der Waals surface area contributed by atoms with Crippen LogP contribution in [0.1, 0.15) is 23.4 Å². The number of rotatable bonds is 4. The number of halogens is 5. The monoisotopic (exact) mass is 316 g/mol. The molecule has 0 N–H and O–H groups in total. The molecule has 1 atom stereocenters. The summed E-state index contributed by atoms with van der Waals surface area (Å²) in [6, 6.07) is 4.27. The molecule has 0 saturated heterocycles. The van der Waals surface area contributed by atoms with Crippen LogP contribution in [0.2, 0.25) is 0 Å². The second kappa shape index (κ2) is 6.17. The maximum atomic E-state index is 12.4. The highest BCUT2D eigenvalue weighted by atomic mass is 35.5. The SMILES string of the molecule is CC(=O)C(Cl)c1ccc(CCl)cc1SC(F)(F)F. The number of thioether (sulfide) groups is 1. The smallest absolute Gasteiger partial charge is 0.298 e. The van der Waals surface area contributed by atoms with E-state index in [-0.39, 0.29) is 28.1 Å². The number of carbonyl (C=O) groups is 1. The van der Waals surface area contributed by atoms with E-state index in [9.17, 15) is 18.0 Å². The minimum Gasteiger partial charge on any atom is -0.298 e. The molecule has 0 aliphatic rings. The van der Waals surface area contributed by atoms with E-state index in [0.29, 0.717) is 5.56 Å². The van der Waals surface area contributed by atoms with Gasteiger partial charge in [0.25, 0.3) is 0 Å². The first-order chi connectivity index (χ1) is 8.24. The van der Waals surface area contributed by atoms with E-state index < -0.39 is 16.7 Å². The molecule has 0 amide bonds. The molecule has 1 unspecified atom stereocenters. The topological polar surface area (TPSA) is 17.1 Å². The van der Waals surface area contributed by atoms with Gasteiger partial charge < -0.3 is 0 Å². The first kappa shape index (κ1) is 15.7. The Bertz CT molecular complexity index is 448. The Kier molecular flexibility index (Phi) is 5.37. The van der Waals surface area contributed by atoms with Crippen molar-refractivity contribution >= 4 is 40.7 Å². The molecule has 0 saturated carbocycles. The van der Waals surface area contributed by atoms with E-state index in [2.05, 4.69) is 0 Å². The van der Waals surface area contributed by atoms with E-state index in [4.69, 9.17) is 23.2 Å². The standard InChI is InChI=1S/C11H9Cl2F3OS/c1-6(17)10(13)8-3-2-7(5-12)4-9(8)18-11(14,15)16/h2-4,10H,5H2,1H3. The Morgan fingerprint density at radius 2 is 2.06 bits per heavy atom. The quantitative estimate of drug-likeness (QED) is 0.580. The first-order valence-electron chi connectivity index (χ1n) is 4.83. The summed E-state index contributed by atoms with van der Waals surface area (Å²) in [6.45, 7) is 1.23. The van der Waals surface area contributed by atoms with Crippen LogP contribution < -0.4 is 0 Å². The average Bonchev–Trinajstić information content (AvgIpc) is 2.25. The van der Waals surface area contributed by atoms with Gasteiger partial charge in [-0.15, -0.1) is 23.2 Å². The van der Waals surface area contributed by atoms with Crippen LogP contribution in [0, 0.1) is 0 Å². The predicted octanol–water partition coefficient (Wildman–Crippen LogP) is 4.91. The number of ketones is 1. The molecule has 0 aliphatic carbocycles. The molecule has 0 bridgehead atoms. The fourth-order valence-corrected chi connectivity index (χ4v) is 2.49. The molecule has 1 nitrogen and oxygen atoms in total. The minimum absolute atomic E-state index is 0.0872. The number of hydrogen-bond donors (Lipinski definition) is 0. The van der Waals surface area contributed by atoms with Crippen LogP contribution in [0.3, 0.4) is 0 Å². The van der Waals surface area contributed by atoms with Crippen LogP contribution in [0.4, 0.5) is 13.2 Å². The summed E-state index contributed by atoms with van der Waals surface area (Å²) in [5, 5.41) is -1.08. The van der Waals surface area contributed by atoms with Gasteiger partial charge in [-0.1, -0.05) is 12.1 Å². The maximum absolute atomic E-state index is 12.4. The van der Waals surface area contributed by atoms with Crippen LogP contribution in [0.5, 0.6) is 0 Å². The van der Waals surface area contributed by atoms with Gasteiger partial charge in [-0.25, -0.2) is 0 Å². The molecule has 1 aromatic carbocycles. The van der Waals surface area contributed by atoms with Crippen molar-refractivity contribution in [2.75, 3.05) is 0 Å². The third-order valence-electron chi connectivity index (χ3n) is 2.09. The first-order valence-corrected chi connectivity index (χ1v) is 6.62. The fourth-order valence-electron chi connectivity index (χ4n) is 1.30. The zero-order valence-electron chi connectivity index (χ0n) is 9.22. The largest absolute Gasteiger partial charge is 0.446 e. The van der Waals surface area contributed by atoms with Gasteiger partial charge in [0.2, 0.25) is 0 Å². The lowest BCUT2D eigenvalue weighted by Gasteiger charge is -2.14. The van der Waals surface area contributed by atoms with Crippen LogP contribution in [0.25, 0.3) is 0 Å². The molecule has 0 aromatic heterocycles. The lowest BCUT2D eigenvalue weighted by atomic mass is 10.1. The van der Waals surface area contributed by atoms with Crippen molar-refractivity contribution in [1.82, 2.24) is 0 Å². The van der Waals surface area contributed by atoms with Crippen molar-refractivity contribution < 1.29 is 18.0 Å². The molecule has 18 heavy (non-hydrogen) atoms. The van der Waals surface area contributed by atoms with E-state index >= 15 is 0 Å². The van der Waals surface area contributed by atoms with Crippen molar-refractivity contribution in [2.24, 2.45) is 0 Å². The molecule has 7 heteroatoms. The van der Waals surface area contributed by atoms with E-state index in [0.717, 1.165) is 0 Å². The van der Waals surface area contributed by atoms with Gasteiger partial charge in [0.05, 0.1) is 0 Å². The minimum atomic E-state index is -4.44. The molecule has 0 fully saturated rings. The Morgan fingerprint density at radius 1 is 1.44 bits per heavy atom. The van der Waals surface area contributed by atoms with E-state index in [1.807, 2.05) is 0 Å². The third-order valence-corrected chi connectivity index (χ3v) is 3.74. The second-order valence-electron chi connectivity index (χ2n) is 3.53. The Balaban J connectivity index is 3.20. The van der Waals surface area contributed by atoms with Gasteiger partial charge in [0.15, 0.2) is 5.78 Å². The summed E-state index contributed by atoms with van der Waals surface area (Å²) in [5.74, 6) is -0.307. The molecule has 100 valence electrons. The zero-order valence-corrected chi connectivity index (χ0v) is 11.6. The number of benzene rings is 1. The van der Waals surface area contributed by atoms with Crippen LogP contribution in [0.15, 0.2) is 23.1 Å². The highest BCUT2D eigenvalue weighted by molar-refractivity contribution is 8.00. The summed E-state index contributed by atoms with van der Waals surface area (Å²) in [5.41, 5.74) is -3.74. The third kappa shape index (κ3) is 4.37. The van der Waals surface area contributed by atoms with E-state index in [1.54, 1.807) is 6.07 Å². The Labute approximate surface area is 117 Å². The van der Waals surface area contributed by atoms with Gasteiger partial charge >= 0.3 is 5.51 Å². The summed E-state index contributed by atoms with van der Waals surface area (Å²) < 4.78 is 37.3. The lowest BCUT2D eigenvalue weighted by Crippen LogP contribution is -2.07. The summed E-state index contributed by atoms with van der Waals surface area (Å²) in [7, 11) is 0. The van der Waals surface area contributed by atoms with Crippen molar-refractivity contribution in [3.8, 4) is 0 Å². The molecule has 0 heterocycles. The second-order valence-corrected chi connectivity index (χ2v) is 5.34. The van der Waals surface area contributed by atoms with Gasteiger partial charge in [-0.3, -0.25) is 4.79 Å². The van der Waals surface area contributed by atoms with Crippen molar-refractivity contribution in [2.45, 2.75) is 28.6 Å². The zero-order chi connectivity index (χ0) is 13.9. The summed E-state index contributed by atoms with van der Waals surface area (Å²) in [4.78, 5) is 11.1. The van der Waals surface area contributed by atoms with Crippen LogP contribution in [-0.2, 0) is 10.7 Å². The Hall–Kier alpha value is -0.390. The molecule has 1 aromatic rings. The van der Waals surface area contributed by atoms with E-state index in [1.165, 1.54) is 19.1 Å². The van der Waals surface area contributed by atoms with Crippen LogP contribution >= 0.6 is 35.0 Å². The molecule has 1 rings (SSSR count). The van der Waals surface area contributed by atoms with Crippen molar-refractivity contribution in [3.05, 3.63) is 29.3 Å². The number of Topliss-reactive ketones (excluding diaryl/α,β-unsaturated/α-hetero) is 1. The molecular weight excluding hydrogens is 308 g/mol. The van der Waals surface area contributed by atoms with Gasteiger partial charge in [-0.2, -0.15) is 13.2 Å². The molecule has 0 spiro atoms. The van der Waals surface area contributed by atoms with Gasteiger partial charge in [0, 0.05) is 10.8 Å². The summed E-state index contributed by atoms with van der Waals surface area (Å²) >= 11 is 11.1. The van der Waals surface area contributed by atoms with Crippen LogP contribution in [-0.4, -0.2) is 11.3 Å². The normalized spacial score (nSPS) is 13.4. The lowest BCUT2D eigenvalue weighted by molar-refractivity contribution is -0.116. The van der Waals surface area contributed by atoms with Crippen molar-refractivity contribution in [1.29, 1.82) is 0 Å². The summed E-state index contributed by atoms with van der Waals surface area (Å²) in [6.07, 6.45) is 0. The van der Waals surface area contributed by atoms with Gasteiger partial charge in [0.1, 0.15) is 5.38 Å². The highest BCUT2D eigenvalue weighted by Crippen LogP contribution is 2.42. The number of alkyl halides is 5. The molecule has 0 aliphatic heterocycles. The van der Waals surface area contributed by atoms with Crippen molar-refractivity contribution in [3.63, 3.8) is 0 Å². The number of carbonyl (C=O) groups excluding carboxylic acids is 1. The predicted molar refractivity (Wildman–Crippen MR) is 67.2 cm³/mol. The molecular formula is C11H9Cl2F3OS. The fraction of sp³-hybridized carbons (Fsp3) is 0.364. The number of hydrogen-bond acceptors (Lipinski definition) is 2. The van der Waals surface area contributed by atoms with Gasteiger partial charge in [-0.05, 0) is 35.9 Å². The molecule has 0 radical (unpaired) electrons. The maximum Gasteiger partial charge on any atom is 0.446 e.